The number of rotatable bonds is 7. The SMILES string of the molecule is Cc1cc(/C=C2\SC(=Nc3ccccc3)N(Cc3ccc(C(=O)O)cc3)C2=O)c(C)n1-c1ccccc1C(=O)O. The minimum Gasteiger partial charge on any atom is -0.478 e. The zero-order valence-corrected chi connectivity index (χ0v) is 22.6. The topological polar surface area (TPSA) is 112 Å². The van der Waals surface area contributed by atoms with E-state index in [9.17, 15) is 24.6 Å². The van der Waals surface area contributed by atoms with Crippen LogP contribution in [0.4, 0.5) is 5.69 Å². The quantitative estimate of drug-likeness (QED) is 0.261. The van der Waals surface area contributed by atoms with Crippen LogP contribution in [0.5, 0.6) is 0 Å². The highest BCUT2D eigenvalue weighted by molar-refractivity contribution is 8.18. The van der Waals surface area contributed by atoms with Crippen molar-refractivity contribution in [1.82, 2.24) is 9.47 Å². The number of carboxylic acids is 2. The molecule has 1 aromatic heterocycles. The highest BCUT2D eigenvalue weighted by Crippen LogP contribution is 2.36. The van der Waals surface area contributed by atoms with E-state index < -0.39 is 11.9 Å². The molecule has 2 N–H and O–H groups in total. The number of aromatic nitrogens is 1. The molecule has 3 aromatic carbocycles. The number of aromatic carboxylic acids is 2. The molecule has 1 amide bonds. The second-order valence-electron chi connectivity index (χ2n) is 9.22. The van der Waals surface area contributed by atoms with Crippen LogP contribution in [0.25, 0.3) is 11.8 Å². The molecule has 0 spiro atoms. The van der Waals surface area contributed by atoms with Gasteiger partial charge in [-0.15, -0.1) is 0 Å². The highest BCUT2D eigenvalue weighted by atomic mass is 32.2. The van der Waals surface area contributed by atoms with E-state index in [0.29, 0.717) is 21.4 Å². The van der Waals surface area contributed by atoms with Gasteiger partial charge >= 0.3 is 11.9 Å². The molecule has 1 fully saturated rings. The van der Waals surface area contributed by atoms with Gasteiger partial charge < -0.3 is 14.8 Å². The Hall–Kier alpha value is -4.89. The van der Waals surface area contributed by atoms with Crippen LogP contribution in [0, 0.1) is 13.8 Å². The Bertz CT molecular complexity index is 1690. The summed E-state index contributed by atoms with van der Waals surface area (Å²) in [7, 11) is 0. The van der Waals surface area contributed by atoms with Gasteiger partial charge in [-0.25, -0.2) is 14.6 Å². The van der Waals surface area contributed by atoms with E-state index in [0.717, 1.165) is 22.5 Å². The summed E-state index contributed by atoms with van der Waals surface area (Å²) in [5.41, 5.74) is 4.81. The third-order valence-electron chi connectivity index (χ3n) is 6.54. The number of para-hydroxylation sites is 2. The molecule has 9 heteroatoms. The number of hydrogen-bond donors (Lipinski definition) is 2. The van der Waals surface area contributed by atoms with E-state index in [2.05, 4.69) is 0 Å². The molecule has 0 bridgehead atoms. The minimum absolute atomic E-state index is 0.171. The van der Waals surface area contributed by atoms with Crippen LogP contribution in [-0.4, -0.2) is 42.7 Å². The number of thioether (sulfide) groups is 1. The van der Waals surface area contributed by atoms with Gasteiger partial charge in [-0.1, -0.05) is 42.5 Å². The molecule has 4 aromatic rings. The fourth-order valence-electron chi connectivity index (χ4n) is 4.57. The van der Waals surface area contributed by atoms with Gasteiger partial charge in [0, 0.05) is 11.4 Å². The Kier molecular flexibility index (Phi) is 7.39. The molecule has 1 aliphatic rings. The largest absolute Gasteiger partial charge is 0.478 e. The third kappa shape index (κ3) is 5.32. The second kappa shape index (κ2) is 11.1. The van der Waals surface area contributed by atoms with Crippen molar-refractivity contribution in [3.8, 4) is 5.69 Å². The highest BCUT2D eigenvalue weighted by Gasteiger charge is 2.34. The summed E-state index contributed by atoms with van der Waals surface area (Å²) in [5, 5.41) is 19.4. The number of amides is 1. The lowest BCUT2D eigenvalue weighted by Gasteiger charge is -2.16. The molecule has 0 aliphatic carbocycles. The summed E-state index contributed by atoms with van der Waals surface area (Å²) in [6.45, 7) is 4.01. The zero-order valence-electron chi connectivity index (χ0n) is 21.7. The number of hydrogen-bond acceptors (Lipinski definition) is 5. The van der Waals surface area contributed by atoms with Crippen molar-refractivity contribution in [1.29, 1.82) is 0 Å². The number of aliphatic imine (C=N–C) groups is 1. The Morgan fingerprint density at radius 1 is 0.900 bits per heavy atom. The van der Waals surface area contributed by atoms with E-state index in [4.69, 9.17) is 4.99 Å². The van der Waals surface area contributed by atoms with Crippen molar-refractivity contribution >= 4 is 46.5 Å². The van der Waals surface area contributed by atoms with Crippen LogP contribution in [0.1, 0.15) is 43.2 Å². The summed E-state index contributed by atoms with van der Waals surface area (Å²) in [4.78, 5) is 43.6. The molecule has 0 unspecified atom stereocenters. The number of benzene rings is 3. The van der Waals surface area contributed by atoms with Crippen LogP contribution in [0.15, 0.2) is 94.8 Å². The van der Waals surface area contributed by atoms with Crippen LogP contribution in [-0.2, 0) is 11.3 Å². The summed E-state index contributed by atoms with van der Waals surface area (Å²) in [6, 6.07) is 24.5. The fourth-order valence-corrected chi connectivity index (χ4v) is 5.56. The standard InChI is InChI=1S/C31H25N3O5S/c1-19-16-23(20(2)34(19)26-11-7-6-10-25(26)30(38)39)17-27-28(35)33(18-21-12-14-22(15-13-21)29(36)37)31(40-27)32-24-8-4-3-5-9-24/h3-17H,18H2,1-2H3,(H,36,37)(H,38,39)/b27-17-,32-31?. The first kappa shape index (κ1) is 26.7. The van der Waals surface area contributed by atoms with Crippen LogP contribution in [0.3, 0.4) is 0 Å². The van der Waals surface area contributed by atoms with Crippen LogP contribution >= 0.6 is 11.8 Å². The molecule has 1 aliphatic heterocycles. The van der Waals surface area contributed by atoms with Crippen molar-refractivity contribution in [3.05, 3.63) is 123 Å². The predicted octanol–water partition coefficient (Wildman–Crippen LogP) is 6.29. The van der Waals surface area contributed by atoms with E-state index in [1.807, 2.05) is 60.9 Å². The minimum atomic E-state index is -1.02. The maximum atomic E-state index is 13.7. The Morgan fingerprint density at radius 3 is 2.25 bits per heavy atom. The van der Waals surface area contributed by atoms with Gasteiger partial charge in [0.2, 0.25) is 0 Å². The third-order valence-corrected chi connectivity index (χ3v) is 7.55. The summed E-state index contributed by atoms with van der Waals surface area (Å²) < 4.78 is 1.88. The Morgan fingerprint density at radius 2 is 1.57 bits per heavy atom. The summed E-state index contributed by atoms with van der Waals surface area (Å²) >= 11 is 1.26. The molecular weight excluding hydrogens is 526 g/mol. The first-order valence-corrected chi connectivity index (χ1v) is 13.2. The fraction of sp³-hybridized carbons (Fsp3) is 0.0968. The lowest BCUT2D eigenvalue weighted by Crippen LogP contribution is -2.28. The second-order valence-corrected chi connectivity index (χ2v) is 10.2. The molecule has 40 heavy (non-hydrogen) atoms. The number of carbonyl (C=O) groups excluding carboxylic acids is 1. The normalized spacial score (nSPS) is 15.2. The van der Waals surface area contributed by atoms with Gasteiger partial charge in [0.25, 0.3) is 5.91 Å². The van der Waals surface area contributed by atoms with Crippen molar-refractivity contribution in [2.24, 2.45) is 4.99 Å². The van der Waals surface area contributed by atoms with Gasteiger partial charge in [0.15, 0.2) is 5.17 Å². The molecule has 0 radical (unpaired) electrons. The van der Waals surface area contributed by atoms with Crippen molar-refractivity contribution in [2.45, 2.75) is 20.4 Å². The van der Waals surface area contributed by atoms with Crippen LogP contribution in [0.2, 0.25) is 0 Å². The van der Waals surface area contributed by atoms with Gasteiger partial charge in [0.05, 0.1) is 34.0 Å². The lowest BCUT2D eigenvalue weighted by atomic mass is 10.1. The first-order valence-electron chi connectivity index (χ1n) is 12.4. The van der Waals surface area contributed by atoms with Gasteiger partial charge in [-0.3, -0.25) is 9.69 Å². The average Bonchev–Trinajstić information content (AvgIpc) is 3.38. The number of carbonyl (C=O) groups is 3. The van der Waals surface area contributed by atoms with Crippen molar-refractivity contribution in [3.63, 3.8) is 0 Å². The van der Waals surface area contributed by atoms with Crippen molar-refractivity contribution < 1.29 is 24.6 Å². The predicted molar refractivity (Wildman–Crippen MR) is 155 cm³/mol. The molecule has 2 heterocycles. The Labute approximate surface area is 234 Å². The molecule has 5 rings (SSSR count). The number of nitrogens with zero attached hydrogens (tertiary/aromatic N) is 3. The van der Waals surface area contributed by atoms with E-state index >= 15 is 0 Å². The number of aryl methyl sites for hydroxylation is 1. The van der Waals surface area contributed by atoms with E-state index in [-0.39, 0.29) is 23.6 Å². The number of carboxylic acid groups (broad SMARTS) is 2. The molecule has 200 valence electrons. The lowest BCUT2D eigenvalue weighted by molar-refractivity contribution is -0.122. The molecule has 0 atom stereocenters. The summed E-state index contributed by atoms with van der Waals surface area (Å²) in [6.07, 6.45) is 1.81. The van der Waals surface area contributed by atoms with Gasteiger partial charge in [0.1, 0.15) is 0 Å². The molecule has 0 saturated carbocycles. The van der Waals surface area contributed by atoms with Gasteiger partial charge in [-0.2, -0.15) is 0 Å². The van der Waals surface area contributed by atoms with Crippen molar-refractivity contribution in [2.75, 3.05) is 0 Å². The van der Waals surface area contributed by atoms with Crippen LogP contribution < -0.4 is 0 Å². The summed E-state index contributed by atoms with van der Waals surface area (Å²) in [5.74, 6) is -2.25. The Balaban J connectivity index is 1.53. The average molecular weight is 552 g/mol. The zero-order chi connectivity index (χ0) is 28.4. The molecule has 1 saturated heterocycles. The maximum absolute atomic E-state index is 13.7. The molecular formula is C31H25N3O5S. The monoisotopic (exact) mass is 551 g/mol. The molecule has 8 nitrogen and oxygen atoms in total. The van der Waals surface area contributed by atoms with Gasteiger partial charge in [-0.05, 0) is 85.3 Å². The van der Waals surface area contributed by atoms with E-state index in [1.165, 1.54) is 23.9 Å². The van der Waals surface area contributed by atoms with E-state index in [1.54, 1.807) is 41.3 Å². The maximum Gasteiger partial charge on any atom is 0.337 e. The number of amidine groups is 1. The smallest absolute Gasteiger partial charge is 0.337 e. The first-order chi connectivity index (χ1) is 19.2.